The lowest BCUT2D eigenvalue weighted by molar-refractivity contribution is 1.32. The molecule has 2 aliphatic carbocycles. The standard InChI is InChI=1S/C27H26Si/c1-19-15-17-24-22(19)11-7-13-26(24)28(3,21-9-5-4-6-10-21)27-14-8-12-23-20(2)16-18-25(23)27/h4-16H,17-18H2,1-3H3. The van der Waals surface area contributed by atoms with Gasteiger partial charge in [-0.05, 0) is 75.6 Å². The van der Waals surface area contributed by atoms with Gasteiger partial charge in [0, 0.05) is 0 Å². The van der Waals surface area contributed by atoms with Crippen LogP contribution < -0.4 is 15.6 Å². The molecule has 0 saturated carbocycles. The maximum atomic E-state index is 2.56. The fraction of sp³-hybridized carbons (Fsp3) is 0.185. The number of benzene rings is 3. The van der Waals surface area contributed by atoms with Gasteiger partial charge >= 0.3 is 0 Å². The minimum atomic E-state index is -2.12. The first-order valence-corrected chi connectivity index (χ1v) is 12.7. The summed E-state index contributed by atoms with van der Waals surface area (Å²) in [6, 6.07) is 25.3. The van der Waals surface area contributed by atoms with Crippen molar-refractivity contribution in [3.05, 3.63) is 101 Å². The molecule has 5 rings (SSSR count). The lowest BCUT2D eigenvalue weighted by atomic mass is 10.1. The van der Waals surface area contributed by atoms with E-state index in [1.165, 1.54) is 27.5 Å². The Morgan fingerprint density at radius 1 is 0.607 bits per heavy atom. The van der Waals surface area contributed by atoms with Gasteiger partial charge in [-0.25, -0.2) is 0 Å². The van der Waals surface area contributed by atoms with Crippen molar-refractivity contribution in [3.8, 4) is 0 Å². The van der Waals surface area contributed by atoms with E-state index < -0.39 is 8.07 Å². The summed E-state index contributed by atoms with van der Waals surface area (Å²) >= 11 is 0. The van der Waals surface area contributed by atoms with E-state index in [1.54, 1.807) is 21.5 Å². The molecule has 0 saturated heterocycles. The van der Waals surface area contributed by atoms with Gasteiger partial charge in [-0.2, -0.15) is 0 Å². The van der Waals surface area contributed by atoms with Gasteiger partial charge in [-0.3, -0.25) is 0 Å². The second-order valence-corrected chi connectivity index (χ2v) is 12.2. The Labute approximate surface area is 169 Å². The van der Waals surface area contributed by atoms with Crippen LogP contribution in [-0.4, -0.2) is 8.07 Å². The topological polar surface area (TPSA) is 0 Å². The summed E-state index contributed by atoms with van der Waals surface area (Å²) in [5, 5.41) is 4.68. The summed E-state index contributed by atoms with van der Waals surface area (Å²) in [6.45, 7) is 7.07. The van der Waals surface area contributed by atoms with Crippen LogP contribution in [0.15, 0.2) is 78.9 Å². The lowest BCUT2D eigenvalue weighted by Crippen LogP contribution is -2.66. The van der Waals surface area contributed by atoms with E-state index in [1.807, 2.05) is 0 Å². The molecular formula is C27H26Si. The fourth-order valence-electron chi connectivity index (χ4n) is 5.25. The summed E-state index contributed by atoms with van der Waals surface area (Å²) in [7, 11) is -2.12. The molecule has 0 fully saturated rings. The fourth-order valence-corrected chi connectivity index (χ4v) is 9.56. The molecule has 0 spiro atoms. The molecule has 1 heteroatoms. The first kappa shape index (κ1) is 17.5. The highest BCUT2D eigenvalue weighted by Gasteiger charge is 2.39. The van der Waals surface area contributed by atoms with Crippen LogP contribution in [0.25, 0.3) is 11.1 Å². The molecule has 2 aliphatic rings. The molecule has 0 amide bonds. The Balaban J connectivity index is 1.82. The summed E-state index contributed by atoms with van der Waals surface area (Å²) in [6.07, 6.45) is 6.93. The van der Waals surface area contributed by atoms with Crippen LogP contribution in [0, 0.1) is 0 Å². The van der Waals surface area contributed by atoms with Crippen LogP contribution in [0.1, 0.15) is 36.1 Å². The van der Waals surface area contributed by atoms with Gasteiger partial charge in [0.25, 0.3) is 0 Å². The van der Waals surface area contributed by atoms with Crippen molar-refractivity contribution in [2.24, 2.45) is 0 Å². The quantitative estimate of drug-likeness (QED) is 0.457. The molecule has 3 aromatic rings. The summed E-state index contributed by atoms with van der Waals surface area (Å²) in [5.74, 6) is 0. The molecule has 138 valence electrons. The predicted molar refractivity (Wildman–Crippen MR) is 125 cm³/mol. The van der Waals surface area contributed by atoms with Crippen molar-refractivity contribution < 1.29 is 0 Å². The zero-order valence-corrected chi connectivity index (χ0v) is 17.9. The van der Waals surface area contributed by atoms with Crippen molar-refractivity contribution in [2.75, 3.05) is 0 Å². The highest BCUT2D eigenvalue weighted by atomic mass is 28.3. The van der Waals surface area contributed by atoms with Crippen LogP contribution in [0.4, 0.5) is 0 Å². The average Bonchev–Trinajstić information content (AvgIpc) is 3.31. The van der Waals surface area contributed by atoms with E-state index in [-0.39, 0.29) is 0 Å². The Hall–Kier alpha value is -2.64. The second kappa shape index (κ2) is 6.46. The van der Waals surface area contributed by atoms with Crippen molar-refractivity contribution in [3.63, 3.8) is 0 Å². The number of hydrogen-bond acceptors (Lipinski definition) is 0. The van der Waals surface area contributed by atoms with Crippen molar-refractivity contribution in [2.45, 2.75) is 33.2 Å². The molecule has 0 unspecified atom stereocenters. The Bertz CT molecular complexity index is 1060. The number of hydrogen-bond donors (Lipinski definition) is 0. The van der Waals surface area contributed by atoms with Gasteiger partial charge in [-0.1, -0.05) is 85.4 Å². The maximum absolute atomic E-state index is 2.56. The normalized spacial score (nSPS) is 15.1. The molecular weight excluding hydrogens is 352 g/mol. The van der Waals surface area contributed by atoms with Crippen LogP contribution in [0.2, 0.25) is 6.55 Å². The zero-order chi connectivity index (χ0) is 19.3. The third kappa shape index (κ3) is 2.43. The Kier molecular flexibility index (Phi) is 4.03. The van der Waals surface area contributed by atoms with E-state index in [9.17, 15) is 0 Å². The van der Waals surface area contributed by atoms with Gasteiger partial charge in [0.2, 0.25) is 0 Å². The van der Waals surface area contributed by atoms with Crippen LogP contribution in [0.3, 0.4) is 0 Å². The SMILES string of the molecule is CC1=CCc2c1cccc2[Si](C)(c1ccccc1)c1cccc2c1CC=C2C. The summed E-state index contributed by atoms with van der Waals surface area (Å²) < 4.78 is 0. The lowest BCUT2D eigenvalue weighted by Gasteiger charge is -2.33. The molecule has 0 aliphatic heterocycles. The highest BCUT2D eigenvalue weighted by Crippen LogP contribution is 2.30. The third-order valence-electron chi connectivity index (χ3n) is 6.85. The van der Waals surface area contributed by atoms with Gasteiger partial charge < -0.3 is 0 Å². The monoisotopic (exact) mass is 378 g/mol. The molecule has 0 atom stereocenters. The minimum absolute atomic E-state index is 1.07. The minimum Gasteiger partial charge on any atom is -0.0766 e. The van der Waals surface area contributed by atoms with Gasteiger partial charge in [0.15, 0.2) is 0 Å². The predicted octanol–water partition coefficient (Wildman–Crippen LogP) is 4.71. The smallest absolute Gasteiger partial charge is 0.0766 e. The molecule has 28 heavy (non-hydrogen) atoms. The van der Waals surface area contributed by atoms with Gasteiger partial charge in [0.05, 0.1) is 0 Å². The largest absolute Gasteiger partial charge is 0.146 e. The Morgan fingerprint density at radius 3 is 1.61 bits per heavy atom. The van der Waals surface area contributed by atoms with E-state index >= 15 is 0 Å². The molecule has 0 radical (unpaired) electrons. The first-order valence-electron chi connectivity index (χ1n) is 10.2. The van der Waals surface area contributed by atoms with Crippen molar-refractivity contribution >= 4 is 34.8 Å². The van der Waals surface area contributed by atoms with Crippen LogP contribution >= 0.6 is 0 Å². The molecule has 0 aromatic heterocycles. The van der Waals surface area contributed by atoms with Crippen molar-refractivity contribution in [1.82, 2.24) is 0 Å². The summed E-state index contributed by atoms with van der Waals surface area (Å²) in [5.41, 5.74) is 8.87. The Morgan fingerprint density at radius 2 is 1.11 bits per heavy atom. The molecule has 0 nitrogen and oxygen atoms in total. The number of allylic oxidation sites excluding steroid dienone is 4. The molecule has 0 bridgehead atoms. The van der Waals surface area contributed by atoms with Gasteiger partial charge in [-0.15, -0.1) is 0 Å². The van der Waals surface area contributed by atoms with E-state index in [0.717, 1.165) is 12.8 Å². The molecule has 0 heterocycles. The number of fused-ring (bicyclic) bond motifs is 2. The molecule has 3 aromatic carbocycles. The zero-order valence-electron chi connectivity index (χ0n) is 16.9. The van der Waals surface area contributed by atoms with Gasteiger partial charge in [0.1, 0.15) is 8.07 Å². The van der Waals surface area contributed by atoms with Crippen molar-refractivity contribution in [1.29, 1.82) is 0 Å². The van der Waals surface area contributed by atoms with Crippen LogP contribution in [-0.2, 0) is 12.8 Å². The average molecular weight is 379 g/mol. The summed E-state index contributed by atoms with van der Waals surface area (Å²) in [4.78, 5) is 0. The van der Waals surface area contributed by atoms with Crippen LogP contribution in [0.5, 0.6) is 0 Å². The third-order valence-corrected chi connectivity index (χ3v) is 11.4. The first-order chi connectivity index (χ1) is 13.6. The second-order valence-electron chi connectivity index (χ2n) is 8.34. The number of rotatable bonds is 3. The van der Waals surface area contributed by atoms with E-state index in [4.69, 9.17) is 0 Å². The molecule has 0 N–H and O–H groups in total. The van der Waals surface area contributed by atoms with E-state index in [0.29, 0.717) is 0 Å². The highest BCUT2D eigenvalue weighted by molar-refractivity contribution is 7.11. The maximum Gasteiger partial charge on any atom is 0.146 e. The van der Waals surface area contributed by atoms with E-state index in [2.05, 4.69) is 99.3 Å².